The van der Waals surface area contributed by atoms with Gasteiger partial charge in [-0.15, -0.1) is 0 Å². The summed E-state index contributed by atoms with van der Waals surface area (Å²) in [5, 5.41) is 5.71. The Morgan fingerprint density at radius 2 is 2.00 bits per heavy atom. The number of urea groups is 1. The molecule has 3 unspecified atom stereocenters. The summed E-state index contributed by atoms with van der Waals surface area (Å²) < 4.78 is 0. The monoisotopic (exact) mass is 325 g/mol. The summed E-state index contributed by atoms with van der Waals surface area (Å²) in [5.41, 5.74) is 0. The predicted octanol–water partition coefficient (Wildman–Crippen LogP) is 3.29. The maximum absolute atomic E-state index is 12.5. The highest BCUT2D eigenvalue weighted by Gasteiger charge is 2.27. The SMILES string of the molecule is CCCCC(CC)CNC(=O)NC(C)C(=O)N1CCCCC1C. The average Bonchev–Trinajstić information content (AvgIpc) is 2.54. The van der Waals surface area contributed by atoms with Gasteiger partial charge in [-0.05, 0) is 45.4 Å². The normalized spacial score (nSPS) is 20.7. The van der Waals surface area contributed by atoms with Crippen molar-refractivity contribution in [3.05, 3.63) is 0 Å². The first-order valence-corrected chi connectivity index (χ1v) is 9.34. The molecule has 1 aliphatic heterocycles. The van der Waals surface area contributed by atoms with E-state index in [-0.39, 0.29) is 18.0 Å². The van der Waals surface area contributed by atoms with Crippen LogP contribution in [0.3, 0.4) is 0 Å². The molecule has 0 aliphatic carbocycles. The summed E-state index contributed by atoms with van der Waals surface area (Å²) in [6.45, 7) is 9.69. The van der Waals surface area contributed by atoms with Crippen molar-refractivity contribution < 1.29 is 9.59 Å². The lowest BCUT2D eigenvalue weighted by Gasteiger charge is -2.35. The number of rotatable bonds is 8. The second-order valence-corrected chi connectivity index (χ2v) is 6.87. The van der Waals surface area contributed by atoms with Crippen LogP contribution < -0.4 is 10.6 Å². The van der Waals surface area contributed by atoms with Crippen molar-refractivity contribution >= 4 is 11.9 Å². The Hall–Kier alpha value is -1.26. The molecule has 5 heteroatoms. The van der Waals surface area contributed by atoms with E-state index in [1.807, 2.05) is 4.90 Å². The van der Waals surface area contributed by atoms with Crippen molar-refractivity contribution in [2.45, 2.75) is 84.7 Å². The summed E-state index contributed by atoms with van der Waals surface area (Å²) in [4.78, 5) is 26.4. The second kappa shape index (κ2) is 10.5. The van der Waals surface area contributed by atoms with Crippen LogP contribution in [0.15, 0.2) is 0 Å². The molecule has 0 spiro atoms. The van der Waals surface area contributed by atoms with Crippen molar-refractivity contribution in [2.24, 2.45) is 5.92 Å². The highest BCUT2D eigenvalue weighted by atomic mass is 16.2. The topological polar surface area (TPSA) is 61.4 Å². The summed E-state index contributed by atoms with van der Waals surface area (Å²) in [7, 11) is 0. The first-order chi connectivity index (χ1) is 11.0. The summed E-state index contributed by atoms with van der Waals surface area (Å²) in [5.74, 6) is 0.555. The number of hydrogen-bond donors (Lipinski definition) is 2. The highest BCUT2D eigenvalue weighted by Crippen LogP contribution is 2.17. The smallest absolute Gasteiger partial charge is 0.315 e. The van der Waals surface area contributed by atoms with E-state index in [9.17, 15) is 9.59 Å². The van der Waals surface area contributed by atoms with Crippen LogP contribution in [0.25, 0.3) is 0 Å². The molecule has 0 radical (unpaired) electrons. The van der Waals surface area contributed by atoms with Crippen molar-refractivity contribution in [2.75, 3.05) is 13.1 Å². The molecule has 5 nitrogen and oxygen atoms in total. The summed E-state index contributed by atoms with van der Waals surface area (Å²) in [6, 6.07) is -0.418. The van der Waals surface area contributed by atoms with E-state index >= 15 is 0 Å². The molecule has 1 aliphatic rings. The Morgan fingerprint density at radius 1 is 1.26 bits per heavy atom. The summed E-state index contributed by atoms with van der Waals surface area (Å²) in [6.07, 6.45) is 7.90. The van der Waals surface area contributed by atoms with Crippen LogP contribution in [0.4, 0.5) is 4.79 Å². The molecule has 3 atom stereocenters. The number of hydrogen-bond acceptors (Lipinski definition) is 2. The molecule has 23 heavy (non-hydrogen) atoms. The van der Waals surface area contributed by atoms with Gasteiger partial charge in [0.05, 0.1) is 0 Å². The maximum atomic E-state index is 12.5. The summed E-state index contributed by atoms with van der Waals surface area (Å²) >= 11 is 0. The molecule has 134 valence electrons. The molecule has 3 amide bonds. The van der Waals surface area contributed by atoms with Crippen LogP contribution in [0, 0.1) is 5.92 Å². The third kappa shape index (κ3) is 6.80. The molecule has 0 saturated carbocycles. The highest BCUT2D eigenvalue weighted by molar-refractivity contribution is 5.86. The van der Waals surface area contributed by atoms with E-state index in [2.05, 4.69) is 31.4 Å². The first kappa shape index (κ1) is 19.8. The zero-order valence-electron chi connectivity index (χ0n) is 15.4. The third-order valence-corrected chi connectivity index (χ3v) is 4.90. The molecule has 0 bridgehead atoms. The standard InChI is InChI=1S/C18H35N3O2/c1-5-7-11-16(6-2)13-19-18(23)20-15(4)17(22)21-12-9-8-10-14(21)3/h14-16H,5-13H2,1-4H3,(H2,19,20,23). The molecule has 2 N–H and O–H groups in total. The number of nitrogens with zero attached hydrogens (tertiary/aromatic N) is 1. The van der Waals surface area contributed by atoms with E-state index < -0.39 is 6.04 Å². The van der Waals surface area contributed by atoms with Crippen LogP contribution in [-0.2, 0) is 4.79 Å². The lowest BCUT2D eigenvalue weighted by molar-refractivity contribution is -0.136. The molecule has 0 aromatic carbocycles. The number of carbonyl (C=O) groups excluding carboxylic acids is 2. The fourth-order valence-corrected chi connectivity index (χ4v) is 3.16. The van der Waals surface area contributed by atoms with Gasteiger partial charge in [-0.2, -0.15) is 0 Å². The number of likely N-dealkylation sites (tertiary alicyclic amines) is 1. The van der Waals surface area contributed by atoms with Gasteiger partial charge >= 0.3 is 6.03 Å². The zero-order valence-corrected chi connectivity index (χ0v) is 15.4. The van der Waals surface area contributed by atoms with Crippen LogP contribution in [0.2, 0.25) is 0 Å². The quantitative estimate of drug-likeness (QED) is 0.719. The van der Waals surface area contributed by atoms with Crippen LogP contribution in [-0.4, -0.2) is 42.0 Å². The van der Waals surface area contributed by atoms with Crippen molar-refractivity contribution in [3.63, 3.8) is 0 Å². The fourth-order valence-electron chi connectivity index (χ4n) is 3.16. The Balaban J connectivity index is 2.35. The van der Waals surface area contributed by atoms with Gasteiger partial charge in [0.1, 0.15) is 6.04 Å². The Kier molecular flexibility index (Phi) is 9.03. The van der Waals surface area contributed by atoms with Crippen molar-refractivity contribution in [3.8, 4) is 0 Å². The van der Waals surface area contributed by atoms with Gasteiger partial charge in [-0.25, -0.2) is 4.79 Å². The van der Waals surface area contributed by atoms with E-state index in [0.29, 0.717) is 12.5 Å². The molecule has 0 aromatic heterocycles. The number of carbonyl (C=O) groups is 2. The second-order valence-electron chi connectivity index (χ2n) is 6.87. The van der Waals surface area contributed by atoms with Crippen LogP contribution in [0.5, 0.6) is 0 Å². The number of amides is 3. The maximum Gasteiger partial charge on any atom is 0.315 e. The van der Waals surface area contributed by atoms with Gasteiger partial charge < -0.3 is 15.5 Å². The molecule has 1 rings (SSSR count). The average molecular weight is 325 g/mol. The van der Waals surface area contributed by atoms with Crippen molar-refractivity contribution in [1.29, 1.82) is 0 Å². The van der Waals surface area contributed by atoms with Crippen LogP contribution in [0.1, 0.15) is 72.6 Å². The van der Waals surface area contributed by atoms with E-state index in [1.54, 1.807) is 6.92 Å². The van der Waals surface area contributed by atoms with Gasteiger partial charge in [-0.1, -0.05) is 33.1 Å². The van der Waals surface area contributed by atoms with E-state index in [0.717, 1.165) is 32.2 Å². The van der Waals surface area contributed by atoms with Gasteiger partial charge in [-0.3, -0.25) is 4.79 Å². The van der Waals surface area contributed by atoms with Crippen molar-refractivity contribution in [1.82, 2.24) is 15.5 Å². The molecule has 0 aromatic rings. The molecular formula is C18H35N3O2. The predicted molar refractivity (Wildman–Crippen MR) is 94.3 cm³/mol. The first-order valence-electron chi connectivity index (χ1n) is 9.34. The fraction of sp³-hybridized carbons (Fsp3) is 0.889. The zero-order chi connectivity index (χ0) is 17.2. The minimum absolute atomic E-state index is 0.0328. The van der Waals surface area contributed by atoms with Gasteiger partial charge in [0, 0.05) is 19.1 Å². The number of piperidine rings is 1. The van der Waals surface area contributed by atoms with Gasteiger partial charge in [0.15, 0.2) is 0 Å². The molecule has 1 heterocycles. The van der Waals surface area contributed by atoms with Crippen LogP contribution >= 0.6 is 0 Å². The largest absolute Gasteiger partial charge is 0.338 e. The lowest BCUT2D eigenvalue weighted by atomic mass is 9.99. The molecule has 1 saturated heterocycles. The van der Waals surface area contributed by atoms with E-state index in [4.69, 9.17) is 0 Å². The minimum Gasteiger partial charge on any atom is -0.338 e. The minimum atomic E-state index is -0.466. The Labute approximate surface area is 141 Å². The number of unbranched alkanes of at least 4 members (excludes halogenated alkanes) is 1. The van der Waals surface area contributed by atoms with E-state index in [1.165, 1.54) is 19.3 Å². The lowest BCUT2D eigenvalue weighted by Crippen LogP contribution is -2.53. The Morgan fingerprint density at radius 3 is 2.61 bits per heavy atom. The number of nitrogens with one attached hydrogen (secondary N) is 2. The third-order valence-electron chi connectivity index (χ3n) is 4.90. The molecular weight excluding hydrogens is 290 g/mol. The Bertz CT molecular complexity index is 373. The van der Waals surface area contributed by atoms with Gasteiger partial charge in [0.2, 0.25) is 5.91 Å². The van der Waals surface area contributed by atoms with Gasteiger partial charge in [0.25, 0.3) is 0 Å². The molecule has 1 fully saturated rings.